The summed E-state index contributed by atoms with van der Waals surface area (Å²) in [5, 5.41) is 6.15. The molecule has 1 aromatic rings. The van der Waals surface area contributed by atoms with Gasteiger partial charge in [0.15, 0.2) is 0 Å². The first-order valence-corrected chi connectivity index (χ1v) is 8.87. The molecule has 0 spiro atoms. The van der Waals surface area contributed by atoms with Crippen LogP contribution in [-0.4, -0.2) is 56.0 Å². The highest BCUT2D eigenvalue weighted by Crippen LogP contribution is 2.19. The smallest absolute Gasteiger partial charge is 0.255 e. The second-order valence-corrected chi connectivity index (χ2v) is 6.81. The number of para-hydroxylation sites is 1. The summed E-state index contributed by atoms with van der Waals surface area (Å²) < 4.78 is 5.25. The normalized spacial score (nSPS) is 18.8. The lowest BCUT2D eigenvalue weighted by atomic mass is 9.99. The van der Waals surface area contributed by atoms with Gasteiger partial charge in [-0.1, -0.05) is 26.0 Å². The number of likely N-dealkylation sites (N-methyl/N-ethyl adjacent to an activating group) is 1. The lowest BCUT2D eigenvalue weighted by Gasteiger charge is -2.36. The molecular weight excluding hydrogens is 318 g/mol. The van der Waals surface area contributed by atoms with Gasteiger partial charge in [-0.2, -0.15) is 0 Å². The molecular formula is C19H29N3O3. The number of amides is 2. The maximum atomic E-state index is 13.0. The van der Waals surface area contributed by atoms with Crippen LogP contribution in [0.2, 0.25) is 0 Å². The van der Waals surface area contributed by atoms with E-state index < -0.39 is 6.04 Å². The minimum Gasteiger partial charge on any atom is -0.496 e. The summed E-state index contributed by atoms with van der Waals surface area (Å²) in [7, 11) is 3.45. The quantitative estimate of drug-likeness (QED) is 0.821. The molecule has 138 valence electrons. The standard InChI is InChI=1S/C19H29N3O3/c1-13(2)17(19(24)22-11-7-8-14(12-22)20-3)21-18(23)15-9-5-6-10-16(15)25-4/h5-6,9-10,13-14,17,20H,7-8,11-12H2,1-4H3,(H,21,23). The van der Waals surface area contributed by atoms with Gasteiger partial charge in [-0.3, -0.25) is 9.59 Å². The molecule has 6 heteroatoms. The minimum absolute atomic E-state index is 0.00104. The van der Waals surface area contributed by atoms with E-state index in [-0.39, 0.29) is 17.7 Å². The van der Waals surface area contributed by atoms with Crippen molar-refractivity contribution in [3.63, 3.8) is 0 Å². The fourth-order valence-corrected chi connectivity index (χ4v) is 3.17. The lowest BCUT2D eigenvalue weighted by molar-refractivity contribution is -0.135. The molecule has 2 unspecified atom stereocenters. The van der Waals surface area contributed by atoms with Gasteiger partial charge in [-0.15, -0.1) is 0 Å². The monoisotopic (exact) mass is 347 g/mol. The van der Waals surface area contributed by atoms with Crippen LogP contribution in [0.5, 0.6) is 5.75 Å². The molecule has 2 atom stereocenters. The van der Waals surface area contributed by atoms with Crippen LogP contribution in [0.25, 0.3) is 0 Å². The number of methoxy groups -OCH3 is 1. The Labute approximate surface area is 149 Å². The van der Waals surface area contributed by atoms with Gasteiger partial charge in [0.1, 0.15) is 11.8 Å². The van der Waals surface area contributed by atoms with E-state index in [0.29, 0.717) is 23.9 Å². The van der Waals surface area contributed by atoms with E-state index in [1.165, 1.54) is 7.11 Å². The number of benzene rings is 1. The SMILES string of the molecule is CNC1CCCN(C(=O)C(NC(=O)c2ccccc2OC)C(C)C)C1. The second-order valence-electron chi connectivity index (χ2n) is 6.81. The molecule has 2 amide bonds. The minimum atomic E-state index is -0.548. The summed E-state index contributed by atoms with van der Waals surface area (Å²) in [6.07, 6.45) is 2.04. The van der Waals surface area contributed by atoms with Gasteiger partial charge in [0.05, 0.1) is 12.7 Å². The number of carbonyl (C=O) groups excluding carboxylic acids is 2. The number of hydrogen-bond acceptors (Lipinski definition) is 4. The number of hydrogen-bond donors (Lipinski definition) is 2. The van der Waals surface area contributed by atoms with Crippen LogP contribution in [0.4, 0.5) is 0 Å². The molecule has 0 bridgehead atoms. The average molecular weight is 347 g/mol. The first kappa shape index (κ1) is 19.2. The van der Waals surface area contributed by atoms with Crippen molar-refractivity contribution >= 4 is 11.8 Å². The maximum absolute atomic E-state index is 13.0. The molecule has 1 fully saturated rings. The second kappa shape index (κ2) is 8.85. The van der Waals surface area contributed by atoms with Crippen LogP contribution in [0.1, 0.15) is 37.0 Å². The van der Waals surface area contributed by atoms with Crippen LogP contribution < -0.4 is 15.4 Å². The molecule has 1 aliphatic rings. The Bertz CT molecular complexity index is 603. The predicted molar refractivity (Wildman–Crippen MR) is 97.7 cm³/mol. The van der Waals surface area contributed by atoms with Gasteiger partial charge in [0, 0.05) is 19.1 Å². The summed E-state index contributed by atoms with van der Waals surface area (Å²) in [5.74, 6) is 0.203. The Kier molecular flexibility index (Phi) is 6.82. The summed E-state index contributed by atoms with van der Waals surface area (Å²) in [6, 6.07) is 6.80. The van der Waals surface area contributed by atoms with E-state index in [2.05, 4.69) is 10.6 Å². The Morgan fingerprint density at radius 1 is 1.28 bits per heavy atom. The first-order chi connectivity index (χ1) is 12.0. The maximum Gasteiger partial charge on any atom is 0.255 e. The van der Waals surface area contributed by atoms with Crippen molar-refractivity contribution in [2.24, 2.45) is 5.92 Å². The van der Waals surface area contributed by atoms with Gasteiger partial charge in [-0.25, -0.2) is 0 Å². The number of carbonyl (C=O) groups is 2. The first-order valence-electron chi connectivity index (χ1n) is 8.87. The number of nitrogens with zero attached hydrogens (tertiary/aromatic N) is 1. The topological polar surface area (TPSA) is 70.7 Å². The van der Waals surface area contributed by atoms with E-state index >= 15 is 0 Å². The molecule has 6 nitrogen and oxygen atoms in total. The third-order valence-corrected chi connectivity index (χ3v) is 4.71. The van der Waals surface area contributed by atoms with Crippen LogP contribution in [-0.2, 0) is 4.79 Å². The Morgan fingerprint density at radius 3 is 2.64 bits per heavy atom. The molecule has 1 saturated heterocycles. The number of nitrogens with one attached hydrogen (secondary N) is 2. The number of ether oxygens (including phenoxy) is 1. The molecule has 2 N–H and O–H groups in total. The fourth-order valence-electron chi connectivity index (χ4n) is 3.17. The average Bonchev–Trinajstić information content (AvgIpc) is 2.65. The van der Waals surface area contributed by atoms with Crippen molar-refractivity contribution in [2.45, 2.75) is 38.8 Å². The zero-order valence-corrected chi connectivity index (χ0v) is 15.5. The summed E-state index contributed by atoms with van der Waals surface area (Å²) >= 11 is 0. The van der Waals surface area contributed by atoms with E-state index in [0.717, 1.165) is 19.4 Å². The van der Waals surface area contributed by atoms with Gasteiger partial charge < -0.3 is 20.3 Å². The van der Waals surface area contributed by atoms with Gasteiger partial charge >= 0.3 is 0 Å². The molecule has 0 radical (unpaired) electrons. The Hall–Kier alpha value is -2.08. The highest BCUT2D eigenvalue weighted by molar-refractivity contribution is 5.99. The number of rotatable bonds is 6. The van der Waals surface area contributed by atoms with Gasteiger partial charge in [0.2, 0.25) is 5.91 Å². The van der Waals surface area contributed by atoms with Crippen LogP contribution in [0, 0.1) is 5.92 Å². The molecule has 0 aliphatic carbocycles. The molecule has 25 heavy (non-hydrogen) atoms. The van der Waals surface area contributed by atoms with Crippen molar-refractivity contribution in [2.75, 3.05) is 27.2 Å². The van der Waals surface area contributed by atoms with Crippen LogP contribution in [0.15, 0.2) is 24.3 Å². The fraction of sp³-hybridized carbons (Fsp3) is 0.579. The number of piperidine rings is 1. The third kappa shape index (κ3) is 4.72. The molecule has 0 aromatic heterocycles. The van der Waals surface area contributed by atoms with Crippen LogP contribution >= 0.6 is 0 Å². The van der Waals surface area contributed by atoms with Gasteiger partial charge in [-0.05, 0) is 37.9 Å². The van der Waals surface area contributed by atoms with E-state index in [9.17, 15) is 9.59 Å². The molecule has 0 saturated carbocycles. The molecule has 1 heterocycles. The van der Waals surface area contributed by atoms with Crippen molar-refractivity contribution < 1.29 is 14.3 Å². The van der Waals surface area contributed by atoms with Crippen molar-refractivity contribution in [1.82, 2.24) is 15.5 Å². The van der Waals surface area contributed by atoms with Crippen LogP contribution in [0.3, 0.4) is 0 Å². The largest absolute Gasteiger partial charge is 0.496 e. The summed E-state index contributed by atoms with van der Waals surface area (Å²) in [6.45, 7) is 5.32. The summed E-state index contributed by atoms with van der Waals surface area (Å²) in [4.78, 5) is 27.5. The van der Waals surface area contributed by atoms with Crippen molar-refractivity contribution in [3.05, 3.63) is 29.8 Å². The van der Waals surface area contributed by atoms with E-state index in [1.807, 2.05) is 31.9 Å². The predicted octanol–water partition coefficient (Wildman–Crippen LogP) is 1.66. The highest BCUT2D eigenvalue weighted by Gasteiger charge is 2.32. The van der Waals surface area contributed by atoms with Gasteiger partial charge in [0.25, 0.3) is 5.91 Å². The molecule has 1 aliphatic heterocycles. The van der Waals surface area contributed by atoms with E-state index in [4.69, 9.17) is 4.74 Å². The molecule has 2 rings (SSSR count). The Balaban J connectivity index is 2.12. The van der Waals surface area contributed by atoms with E-state index in [1.54, 1.807) is 18.2 Å². The number of likely N-dealkylation sites (tertiary alicyclic amines) is 1. The van der Waals surface area contributed by atoms with Crippen molar-refractivity contribution in [3.8, 4) is 5.75 Å². The molecule has 1 aromatic carbocycles. The lowest BCUT2D eigenvalue weighted by Crippen LogP contribution is -2.55. The Morgan fingerprint density at radius 2 is 2.00 bits per heavy atom. The highest BCUT2D eigenvalue weighted by atomic mass is 16.5. The van der Waals surface area contributed by atoms with Crippen molar-refractivity contribution in [1.29, 1.82) is 0 Å². The zero-order valence-electron chi connectivity index (χ0n) is 15.5. The third-order valence-electron chi connectivity index (χ3n) is 4.71. The summed E-state index contributed by atoms with van der Waals surface area (Å²) in [5.41, 5.74) is 0.440. The zero-order chi connectivity index (χ0) is 18.4.